The molecule has 2 aromatic carbocycles. The molecule has 0 atom stereocenters. The second-order valence-electron chi connectivity index (χ2n) is 7.53. The average Bonchev–Trinajstić information content (AvgIpc) is 3.15. The van der Waals surface area contributed by atoms with Crippen LogP contribution in [0.25, 0.3) is 10.9 Å². The number of aromatic amines is 1. The number of alkyl halides is 3. The van der Waals surface area contributed by atoms with Gasteiger partial charge in [0.1, 0.15) is 0 Å². The summed E-state index contributed by atoms with van der Waals surface area (Å²) in [4.78, 5) is 15.9. The van der Waals surface area contributed by atoms with Crippen LogP contribution in [0.4, 0.5) is 18.9 Å². The number of nitrogens with one attached hydrogen (secondary N) is 1. The minimum atomic E-state index is -4.41. The van der Waals surface area contributed by atoms with Crippen molar-refractivity contribution in [2.24, 2.45) is 0 Å². The number of hydrogen-bond donors (Lipinski definition) is 2. The Morgan fingerprint density at radius 1 is 1.03 bits per heavy atom. The van der Waals surface area contributed by atoms with E-state index in [1.54, 1.807) is 12.3 Å². The van der Waals surface area contributed by atoms with Crippen molar-refractivity contribution in [3.8, 4) is 0 Å². The highest BCUT2D eigenvalue weighted by molar-refractivity contribution is 7.89. The number of aromatic nitrogens is 1. The first-order valence-electron chi connectivity index (χ1n) is 9.80. The summed E-state index contributed by atoms with van der Waals surface area (Å²) < 4.78 is 65.9. The third-order valence-corrected chi connectivity index (χ3v) is 7.41. The lowest BCUT2D eigenvalue weighted by Gasteiger charge is -2.35. The fourth-order valence-electron chi connectivity index (χ4n) is 3.82. The zero-order chi connectivity index (χ0) is 23.1. The second kappa shape index (κ2) is 8.14. The van der Waals surface area contributed by atoms with Gasteiger partial charge in [-0.3, -0.25) is 4.79 Å². The number of aliphatic carboxylic acids is 1. The number of benzene rings is 2. The Morgan fingerprint density at radius 3 is 2.28 bits per heavy atom. The Morgan fingerprint density at radius 2 is 1.69 bits per heavy atom. The van der Waals surface area contributed by atoms with Gasteiger partial charge in [-0.1, -0.05) is 0 Å². The lowest BCUT2D eigenvalue weighted by Crippen LogP contribution is -2.48. The van der Waals surface area contributed by atoms with Gasteiger partial charge < -0.3 is 15.0 Å². The molecule has 1 saturated heterocycles. The molecule has 0 bridgehead atoms. The van der Waals surface area contributed by atoms with Crippen molar-refractivity contribution in [3.63, 3.8) is 0 Å². The Kier molecular flexibility index (Phi) is 5.63. The van der Waals surface area contributed by atoms with E-state index in [2.05, 4.69) is 4.98 Å². The van der Waals surface area contributed by atoms with E-state index in [0.29, 0.717) is 35.2 Å². The van der Waals surface area contributed by atoms with Crippen LogP contribution in [0.3, 0.4) is 0 Å². The lowest BCUT2D eigenvalue weighted by molar-refractivity contribution is -0.138. The minimum Gasteiger partial charge on any atom is -0.481 e. The molecule has 0 spiro atoms. The highest BCUT2D eigenvalue weighted by Gasteiger charge is 2.31. The number of anilines is 1. The number of piperazine rings is 1. The number of rotatable bonds is 5. The molecule has 2 heterocycles. The highest BCUT2D eigenvalue weighted by atomic mass is 32.2. The summed E-state index contributed by atoms with van der Waals surface area (Å²) in [6.07, 6.45) is -3.08. The van der Waals surface area contributed by atoms with Crippen molar-refractivity contribution in [3.05, 3.63) is 59.8 Å². The molecule has 0 aliphatic carbocycles. The van der Waals surface area contributed by atoms with Crippen molar-refractivity contribution < 1.29 is 31.5 Å². The van der Waals surface area contributed by atoms with Crippen LogP contribution in [0.2, 0.25) is 0 Å². The summed E-state index contributed by atoms with van der Waals surface area (Å²) in [5.41, 5.74) is 1.01. The third-order valence-electron chi connectivity index (χ3n) is 5.52. The van der Waals surface area contributed by atoms with Gasteiger partial charge in [-0.05, 0) is 48.0 Å². The van der Waals surface area contributed by atoms with Crippen LogP contribution in [-0.4, -0.2) is 55.0 Å². The summed E-state index contributed by atoms with van der Waals surface area (Å²) in [6, 6.07) is 9.35. The fourth-order valence-corrected chi connectivity index (χ4v) is 5.27. The van der Waals surface area contributed by atoms with Crippen LogP contribution < -0.4 is 4.90 Å². The van der Waals surface area contributed by atoms with Crippen LogP contribution in [0.5, 0.6) is 0 Å². The number of carbonyl (C=O) groups is 1. The van der Waals surface area contributed by atoms with Gasteiger partial charge in [0, 0.05) is 49.0 Å². The normalized spacial score (nSPS) is 15.9. The molecule has 1 aromatic heterocycles. The first kappa shape index (κ1) is 22.2. The number of H-pyrrole nitrogens is 1. The summed E-state index contributed by atoms with van der Waals surface area (Å²) in [7, 11) is -3.81. The molecule has 0 unspecified atom stereocenters. The SMILES string of the molecule is O=C(O)Cc1c[nH]c2ccc(S(=O)(=O)N3CCN(c4ccc(C(F)(F)F)cc4)CC3)cc12. The van der Waals surface area contributed by atoms with Crippen LogP contribution in [-0.2, 0) is 27.4 Å². The molecule has 2 N–H and O–H groups in total. The molecular formula is C21H20F3N3O4S. The summed E-state index contributed by atoms with van der Waals surface area (Å²) in [5, 5.41) is 9.59. The Labute approximate surface area is 182 Å². The van der Waals surface area contributed by atoms with Gasteiger partial charge >= 0.3 is 12.1 Å². The van der Waals surface area contributed by atoms with E-state index >= 15 is 0 Å². The largest absolute Gasteiger partial charge is 0.481 e. The molecule has 4 rings (SSSR count). The van der Waals surface area contributed by atoms with E-state index in [0.717, 1.165) is 12.1 Å². The van der Waals surface area contributed by atoms with E-state index in [1.165, 1.54) is 28.6 Å². The number of sulfonamides is 1. The van der Waals surface area contributed by atoms with Gasteiger partial charge in [-0.2, -0.15) is 17.5 Å². The van der Waals surface area contributed by atoms with Gasteiger partial charge in [-0.25, -0.2) is 8.42 Å². The standard InChI is InChI=1S/C21H20F3N3O4S/c22-21(23,24)15-1-3-16(4-2-15)26-7-9-27(10-8-26)32(30,31)17-5-6-19-18(12-17)14(13-25-19)11-20(28)29/h1-6,12-13,25H,7-11H2,(H,28,29). The van der Waals surface area contributed by atoms with Crippen LogP contribution in [0.15, 0.2) is 53.6 Å². The summed E-state index contributed by atoms with van der Waals surface area (Å²) >= 11 is 0. The third kappa shape index (κ3) is 4.30. The van der Waals surface area contributed by atoms with E-state index in [-0.39, 0.29) is 24.4 Å². The van der Waals surface area contributed by atoms with E-state index in [4.69, 9.17) is 5.11 Å². The Hall–Kier alpha value is -3.05. The lowest BCUT2D eigenvalue weighted by atomic mass is 10.1. The molecule has 1 aliphatic heterocycles. The molecular weight excluding hydrogens is 447 g/mol. The molecule has 3 aromatic rings. The van der Waals surface area contributed by atoms with Gasteiger partial charge in [0.2, 0.25) is 10.0 Å². The smallest absolute Gasteiger partial charge is 0.416 e. The number of carboxylic acids is 1. The van der Waals surface area contributed by atoms with Gasteiger partial charge in [0.25, 0.3) is 0 Å². The predicted octanol–water partition coefficient (Wildman–Crippen LogP) is 3.32. The monoisotopic (exact) mass is 467 g/mol. The molecule has 170 valence electrons. The first-order chi connectivity index (χ1) is 15.1. The maximum Gasteiger partial charge on any atom is 0.416 e. The molecule has 11 heteroatoms. The fraction of sp³-hybridized carbons (Fsp3) is 0.286. The van der Waals surface area contributed by atoms with Crippen LogP contribution >= 0.6 is 0 Å². The molecule has 32 heavy (non-hydrogen) atoms. The number of nitrogens with zero attached hydrogens (tertiary/aromatic N) is 2. The van der Waals surface area contributed by atoms with Gasteiger partial charge in [-0.15, -0.1) is 0 Å². The first-order valence-corrected chi connectivity index (χ1v) is 11.2. The van der Waals surface area contributed by atoms with E-state index in [1.807, 2.05) is 4.90 Å². The van der Waals surface area contributed by atoms with Crippen LogP contribution in [0, 0.1) is 0 Å². The van der Waals surface area contributed by atoms with E-state index < -0.39 is 27.7 Å². The van der Waals surface area contributed by atoms with Crippen molar-refractivity contribution in [2.45, 2.75) is 17.5 Å². The van der Waals surface area contributed by atoms with Gasteiger partial charge in [0.15, 0.2) is 0 Å². The maximum atomic E-state index is 13.1. The zero-order valence-electron chi connectivity index (χ0n) is 16.8. The Bertz CT molecular complexity index is 1250. The molecule has 0 saturated carbocycles. The van der Waals surface area contributed by atoms with E-state index in [9.17, 15) is 26.4 Å². The zero-order valence-corrected chi connectivity index (χ0v) is 17.6. The van der Waals surface area contributed by atoms with Crippen molar-refractivity contribution in [1.82, 2.24) is 9.29 Å². The number of carboxylic acid groups (broad SMARTS) is 1. The quantitative estimate of drug-likeness (QED) is 0.601. The van der Waals surface area contributed by atoms with Gasteiger partial charge in [0.05, 0.1) is 16.9 Å². The number of fused-ring (bicyclic) bond motifs is 1. The van der Waals surface area contributed by atoms with Crippen molar-refractivity contribution in [1.29, 1.82) is 0 Å². The van der Waals surface area contributed by atoms with Crippen LogP contribution in [0.1, 0.15) is 11.1 Å². The minimum absolute atomic E-state index is 0.0687. The Balaban J connectivity index is 1.50. The molecule has 0 radical (unpaired) electrons. The maximum absolute atomic E-state index is 13.1. The molecule has 0 amide bonds. The van der Waals surface area contributed by atoms with Crippen molar-refractivity contribution in [2.75, 3.05) is 31.1 Å². The predicted molar refractivity (Wildman–Crippen MR) is 112 cm³/mol. The van der Waals surface area contributed by atoms with Crippen molar-refractivity contribution >= 4 is 32.6 Å². The number of halogens is 3. The summed E-state index contributed by atoms with van der Waals surface area (Å²) in [5.74, 6) is -1.02. The number of hydrogen-bond acceptors (Lipinski definition) is 4. The molecule has 1 aliphatic rings. The second-order valence-corrected chi connectivity index (χ2v) is 9.47. The highest BCUT2D eigenvalue weighted by Crippen LogP contribution is 2.31. The summed E-state index contributed by atoms with van der Waals surface area (Å²) in [6.45, 7) is 1.02. The molecule has 7 nitrogen and oxygen atoms in total. The topological polar surface area (TPSA) is 93.7 Å². The average molecular weight is 467 g/mol. The molecule has 1 fully saturated rings.